The number of rotatable bonds is 3. The highest BCUT2D eigenvalue weighted by Gasteiger charge is 2.30. The van der Waals surface area contributed by atoms with Gasteiger partial charge in [0.2, 0.25) is 5.88 Å². The first-order valence-corrected chi connectivity index (χ1v) is 8.71. The summed E-state index contributed by atoms with van der Waals surface area (Å²) in [5, 5.41) is 20.1. The number of hydrogen-bond acceptors (Lipinski definition) is 4. The van der Waals surface area contributed by atoms with Gasteiger partial charge in [0, 0.05) is 16.3 Å². The normalized spacial score (nSPS) is 13.3. The predicted octanol–water partition coefficient (Wildman–Crippen LogP) is 4.30. The maximum Gasteiger partial charge on any atom is 0.284 e. The molecule has 1 aliphatic rings. The number of azo groups is 1. The van der Waals surface area contributed by atoms with Crippen LogP contribution < -0.4 is 4.90 Å². The predicted molar refractivity (Wildman–Crippen MR) is 105 cm³/mol. The number of aromatic amines is 1. The number of para-hydroxylation sites is 1. The Kier molecular flexibility index (Phi) is 3.48. The number of nitrogens with one attached hydrogen (secondary N) is 1. The van der Waals surface area contributed by atoms with Crippen LogP contribution in [0.2, 0.25) is 0 Å². The van der Waals surface area contributed by atoms with Gasteiger partial charge in [-0.25, -0.2) is 0 Å². The molecule has 7 nitrogen and oxygen atoms in total. The summed E-state index contributed by atoms with van der Waals surface area (Å²) in [6.45, 7) is -0.223. The van der Waals surface area contributed by atoms with Gasteiger partial charge >= 0.3 is 0 Å². The number of aromatic nitrogens is 1. The minimum Gasteiger partial charge on any atom is -0.493 e. The van der Waals surface area contributed by atoms with Crippen molar-refractivity contribution in [2.45, 2.75) is 0 Å². The fourth-order valence-electron chi connectivity index (χ4n) is 3.62. The maximum atomic E-state index is 12.7. The first-order valence-electron chi connectivity index (χ1n) is 8.71. The number of H-pyrrole nitrogens is 1. The number of benzene rings is 3. The number of fused-ring (bicyclic) bond motifs is 1. The van der Waals surface area contributed by atoms with Crippen molar-refractivity contribution in [3.8, 4) is 5.88 Å². The Morgan fingerprint density at radius 2 is 1.82 bits per heavy atom. The van der Waals surface area contributed by atoms with Gasteiger partial charge in [-0.2, -0.15) is 0 Å². The standard InChI is InChI=1S/C21H14N4O3/c26-17(23-24-19-13-7-1-2-9-15(13)22-20(19)27)11-25-16-10-4-6-12-5-3-8-14(18(12)16)21(25)28/h1-10,22,27H,11H2. The molecule has 2 heterocycles. The maximum absolute atomic E-state index is 12.7. The third-order valence-electron chi connectivity index (χ3n) is 4.86. The van der Waals surface area contributed by atoms with Gasteiger partial charge in [-0.1, -0.05) is 42.5 Å². The highest BCUT2D eigenvalue weighted by molar-refractivity contribution is 6.26. The number of nitrogens with zero attached hydrogens (tertiary/aromatic N) is 3. The second kappa shape index (κ2) is 6.02. The lowest BCUT2D eigenvalue weighted by atomic mass is 10.1. The van der Waals surface area contributed by atoms with Crippen LogP contribution in [0.3, 0.4) is 0 Å². The second-order valence-corrected chi connectivity index (χ2v) is 6.53. The molecule has 28 heavy (non-hydrogen) atoms. The number of amides is 2. The number of carbonyl (C=O) groups is 2. The van der Waals surface area contributed by atoms with Gasteiger partial charge in [0.15, 0.2) is 5.69 Å². The van der Waals surface area contributed by atoms with Crippen LogP contribution in [0.5, 0.6) is 5.88 Å². The first kappa shape index (κ1) is 16.2. The molecule has 0 aliphatic carbocycles. The van der Waals surface area contributed by atoms with Gasteiger partial charge in [0.25, 0.3) is 11.8 Å². The molecule has 5 rings (SSSR count). The van der Waals surface area contributed by atoms with Crippen molar-refractivity contribution in [2.75, 3.05) is 11.4 Å². The van der Waals surface area contributed by atoms with Crippen molar-refractivity contribution in [3.05, 3.63) is 66.2 Å². The molecule has 136 valence electrons. The van der Waals surface area contributed by atoms with Gasteiger partial charge in [0.1, 0.15) is 6.54 Å². The van der Waals surface area contributed by atoms with E-state index in [1.165, 1.54) is 4.90 Å². The molecule has 2 amide bonds. The van der Waals surface area contributed by atoms with Crippen molar-refractivity contribution in [1.29, 1.82) is 0 Å². The second-order valence-electron chi connectivity index (χ2n) is 6.53. The Labute approximate surface area is 158 Å². The van der Waals surface area contributed by atoms with Crippen molar-refractivity contribution in [3.63, 3.8) is 0 Å². The molecule has 0 atom stereocenters. The SMILES string of the molecule is O=C(CN1C(=O)c2cccc3cccc1c23)N=Nc1c(O)[nH]c2ccccc12. The Bertz CT molecular complexity index is 1300. The van der Waals surface area contributed by atoms with E-state index >= 15 is 0 Å². The highest BCUT2D eigenvalue weighted by Crippen LogP contribution is 2.37. The first-order chi connectivity index (χ1) is 13.6. The molecule has 0 spiro atoms. The molecule has 1 aliphatic heterocycles. The summed E-state index contributed by atoms with van der Waals surface area (Å²) >= 11 is 0. The van der Waals surface area contributed by atoms with Crippen molar-refractivity contribution < 1.29 is 14.7 Å². The third kappa shape index (κ3) is 2.37. The Balaban J connectivity index is 1.44. The van der Waals surface area contributed by atoms with E-state index in [-0.39, 0.29) is 24.0 Å². The molecule has 0 saturated heterocycles. The van der Waals surface area contributed by atoms with Crippen LogP contribution in [0.15, 0.2) is 70.9 Å². The molecule has 0 radical (unpaired) electrons. The molecule has 3 aromatic carbocycles. The molecule has 0 saturated carbocycles. The zero-order chi connectivity index (χ0) is 19.3. The summed E-state index contributed by atoms with van der Waals surface area (Å²) in [4.78, 5) is 29.3. The number of aromatic hydroxyl groups is 1. The lowest BCUT2D eigenvalue weighted by Gasteiger charge is -2.14. The molecule has 0 unspecified atom stereocenters. The van der Waals surface area contributed by atoms with Gasteiger partial charge in [0.05, 0.1) is 11.2 Å². The summed E-state index contributed by atoms with van der Waals surface area (Å²) in [6.07, 6.45) is 0. The van der Waals surface area contributed by atoms with Crippen LogP contribution in [0.4, 0.5) is 11.4 Å². The summed E-state index contributed by atoms with van der Waals surface area (Å²) < 4.78 is 0. The van der Waals surface area contributed by atoms with Crippen LogP contribution in [0.25, 0.3) is 21.7 Å². The quantitative estimate of drug-likeness (QED) is 0.526. The zero-order valence-electron chi connectivity index (χ0n) is 14.6. The summed E-state index contributed by atoms with van der Waals surface area (Å²) in [6, 6.07) is 18.3. The van der Waals surface area contributed by atoms with E-state index in [1.807, 2.05) is 36.4 Å². The van der Waals surface area contributed by atoms with Crippen molar-refractivity contribution in [1.82, 2.24) is 4.98 Å². The highest BCUT2D eigenvalue weighted by atomic mass is 16.3. The molecular weight excluding hydrogens is 356 g/mol. The Hall–Kier alpha value is -4.00. The van der Waals surface area contributed by atoms with Crippen LogP contribution in [0, 0.1) is 0 Å². The van der Waals surface area contributed by atoms with Crippen LogP contribution in [-0.4, -0.2) is 28.4 Å². The fourth-order valence-corrected chi connectivity index (χ4v) is 3.62. The third-order valence-corrected chi connectivity index (χ3v) is 4.86. The number of anilines is 1. The van der Waals surface area contributed by atoms with E-state index in [0.717, 1.165) is 10.8 Å². The van der Waals surface area contributed by atoms with Gasteiger partial charge in [-0.3, -0.25) is 14.5 Å². The molecule has 0 fully saturated rings. The minimum atomic E-state index is -0.581. The monoisotopic (exact) mass is 370 g/mol. The average Bonchev–Trinajstić information content (AvgIpc) is 3.17. The summed E-state index contributed by atoms with van der Waals surface area (Å²) in [5.41, 5.74) is 2.16. The van der Waals surface area contributed by atoms with Gasteiger partial charge < -0.3 is 10.1 Å². The van der Waals surface area contributed by atoms with Crippen molar-refractivity contribution >= 4 is 44.9 Å². The summed E-state index contributed by atoms with van der Waals surface area (Å²) in [7, 11) is 0. The largest absolute Gasteiger partial charge is 0.493 e. The lowest BCUT2D eigenvalue weighted by molar-refractivity contribution is -0.116. The Morgan fingerprint density at radius 3 is 2.68 bits per heavy atom. The fraction of sp³-hybridized carbons (Fsp3) is 0.0476. The van der Waals surface area contributed by atoms with E-state index in [2.05, 4.69) is 15.2 Å². The lowest BCUT2D eigenvalue weighted by Crippen LogP contribution is -2.31. The van der Waals surface area contributed by atoms with Crippen molar-refractivity contribution in [2.24, 2.45) is 10.2 Å². The van der Waals surface area contributed by atoms with Gasteiger partial charge in [-0.05, 0) is 23.6 Å². The number of hydrogen-bond donors (Lipinski definition) is 2. The smallest absolute Gasteiger partial charge is 0.284 e. The zero-order valence-corrected chi connectivity index (χ0v) is 14.6. The molecule has 0 bridgehead atoms. The van der Waals surface area contributed by atoms with E-state index in [9.17, 15) is 14.7 Å². The Morgan fingerprint density at radius 1 is 1.04 bits per heavy atom. The average molecular weight is 370 g/mol. The topological polar surface area (TPSA) is 98.1 Å². The minimum absolute atomic E-state index is 0.160. The van der Waals surface area contributed by atoms with E-state index in [0.29, 0.717) is 22.2 Å². The van der Waals surface area contributed by atoms with E-state index < -0.39 is 5.91 Å². The molecule has 7 heteroatoms. The van der Waals surface area contributed by atoms with E-state index in [4.69, 9.17) is 0 Å². The number of carbonyl (C=O) groups excluding carboxylic acids is 2. The molecule has 1 aromatic heterocycles. The van der Waals surface area contributed by atoms with Crippen LogP contribution in [-0.2, 0) is 4.79 Å². The molecular formula is C21H14N4O3. The molecule has 4 aromatic rings. The van der Waals surface area contributed by atoms with E-state index in [1.54, 1.807) is 24.3 Å². The van der Waals surface area contributed by atoms with Gasteiger partial charge in [-0.15, -0.1) is 10.2 Å². The molecule has 2 N–H and O–H groups in total. The van der Waals surface area contributed by atoms with Crippen LogP contribution in [0.1, 0.15) is 10.4 Å². The summed E-state index contributed by atoms with van der Waals surface area (Å²) in [5.74, 6) is -0.972. The van der Waals surface area contributed by atoms with Crippen LogP contribution >= 0.6 is 0 Å².